The first-order valence-electron chi connectivity index (χ1n) is 28.6. The lowest BCUT2D eigenvalue weighted by Gasteiger charge is -2.23. The van der Waals surface area contributed by atoms with Gasteiger partial charge in [0.25, 0.3) is 6.33 Å². The van der Waals surface area contributed by atoms with Crippen molar-refractivity contribution in [2.24, 2.45) is 0 Å². The van der Waals surface area contributed by atoms with E-state index in [2.05, 4.69) is 195 Å². The van der Waals surface area contributed by atoms with Crippen molar-refractivity contribution < 1.29 is 17.5 Å². The molecule has 13 rings (SSSR count). The average Bonchev–Trinajstić information content (AvgIpc) is 4.26. The fourth-order valence-electron chi connectivity index (χ4n) is 11.2. The van der Waals surface area contributed by atoms with Gasteiger partial charge >= 0.3 is 0 Å². The van der Waals surface area contributed by atoms with Crippen molar-refractivity contribution in [2.45, 2.75) is 66.1 Å². The number of ether oxygens (including phenoxy) is 1. The minimum absolute atomic E-state index is 0.0304. The molecule has 5 nitrogen and oxygen atoms in total. The van der Waals surface area contributed by atoms with Crippen LogP contribution in [0.25, 0.3) is 106 Å². The predicted molar refractivity (Wildman–Crippen MR) is 310 cm³/mol. The highest BCUT2D eigenvalue weighted by Gasteiger charge is 2.28. The molecule has 364 valence electrons. The molecule has 1 aliphatic rings. The standard InChI is InChI=1S/C70H58N4O/c1-44-18-15-19-45(2)66(44)47-38-60(46-30-32-48(33-31-46)69(3,4)5)67-61(39-47)56-25-12-10-23-54(56)53-22-9-11-24-55(53)59-27-17-29-63-68(59)73(67)43-72(63)50-20-16-21-51(41-50)75-52-34-35-58-57-26-13-14-28-62(57)74(64(58)42-52)65-40-49(36-37-71-65)70(6,7)8/h9-42H,1-8H3/i1D3,2D3. The van der Waals surface area contributed by atoms with E-state index in [1.54, 1.807) is 0 Å². The SMILES string of the molecule is [2H]C([2H])([2H])c1cccc(C([2H])([2H])[2H])c1-c1cc(-c2ccc(C(C)(C)C)cc2)c2c(c1)-c1ccccc1-c1ccccc1-c1cccc3c1[n+]-2[c-]n3-c1cccc(Oc2ccc3c4ccccc4n(-c4cc(C(C)(C)C)ccn4)c3c2)c1. The van der Waals surface area contributed by atoms with Crippen molar-refractivity contribution in [1.29, 1.82) is 0 Å². The van der Waals surface area contributed by atoms with Crippen LogP contribution in [0.1, 0.15) is 72.0 Å². The summed E-state index contributed by atoms with van der Waals surface area (Å²) in [5.74, 6) is 2.13. The fourth-order valence-corrected chi connectivity index (χ4v) is 11.2. The highest BCUT2D eigenvalue weighted by atomic mass is 16.5. The van der Waals surface area contributed by atoms with E-state index in [0.717, 1.165) is 100 Å². The Morgan fingerprint density at radius 1 is 0.480 bits per heavy atom. The number of pyridine rings is 1. The number of imidazole rings is 1. The molecule has 0 atom stereocenters. The maximum absolute atomic E-state index is 8.81. The van der Waals surface area contributed by atoms with E-state index in [-0.39, 0.29) is 27.5 Å². The minimum Gasteiger partial charge on any atom is -0.458 e. The molecule has 12 aromatic rings. The van der Waals surface area contributed by atoms with E-state index in [4.69, 9.17) is 17.9 Å². The monoisotopic (exact) mass is 976 g/mol. The number of rotatable bonds is 6. The highest BCUT2D eigenvalue weighted by Crippen LogP contribution is 2.47. The van der Waals surface area contributed by atoms with E-state index in [0.29, 0.717) is 17.1 Å². The van der Waals surface area contributed by atoms with E-state index in [1.807, 2.05) is 54.7 Å². The van der Waals surface area contributed by atoms with Crippen LogP contribution in [0, 0.1) is 20.0 Å². The van der Waals surface area contributed by atoms with Crippen LogP contribution < -0.4 is 9.30 Å². The van der Waals surface area contributed by atoms with E-state index in [1.165, 1.54) is 23.8 Å². The third-order valence-electron chi connectivity index (χ3n) is 14.9. The molecule has 0 spiro atoms. The largest absolute Gasteiger partial charge is 0.458 e. The van der Waals surface area contributed by atoms with Crippen molar-refractivity contribution in [1.82, 2.24) is 14.1 Å². The Labute approximate surface area is 448 Å². The molecule has 5 heteroatoms. The summed E-state index contributed by atoms with van der Waals surface area (Å²) >= 11 is 0. The van der Waals surface area contributed by atoms with Crippen molar-refractivity contribution in [3.05, 3.63) is 235 Å². The molecule has 0 N–H and O–H groups in total. The lowest BCUT2D eigenvalue weighted by atomic mass is 9.84. The van der Waals surface area contributed by atoms with Gasteiger partial charge in [0.1, 0.15) is 17.3 Å². The molecule has 1 aliphatic heterocycles. The van der Waals surface area contributed by atoms with Crippen LogP contribution in [0.5, 0.6) is 11.5 Å². The topological polar surface area (TPSA) is 35.9 Å². The first kappa shape index (κ1) is 39.7. The van der Waals surface area contributed by atoms with Crippen molar-refractivity contribution >= 4 is 32.8 Å². The summed E-state index contributed by atoms with van der Waals surface area (Å²) < 4.78 is 66.2. The zero-order valence-corrected chi connectivity index (χ0v) is 42.8. The van der Waals surface area contributed by atoms with Gasteiger partial charge in [0.15, 0.2) is 0 Å². The fraction of sp³-hybridized carbons (Fsp3) is 0.143. The third kappa shape index (κ3) is 7.76. The summed E-state index contributed by atoms with van der Waals surface area (Å²) in [4.78, 5) is 4.90. The molecule has 75 heavy (non-hydrogen) atoms. The molecule has 0 saturated carbocycles. The number of aryl methyl sites for hydroxylation is 2. The van der Waals surface area contributed by atoms with Crippen LogP contribution in [0.2, 0.25) is 0 Å². The van der Waals surface area contributed by atoms with Crippen molar-refractivity contribution in [3.63, 3.8) is 0 Å². The summed E-state index contributed by atoms with van der Waals surface area (Å²) in [7, 11) is 0. The van der Waals surface area contributed by atoms with Gasteiger partial charge in [-0.05, 0) is 163 Å². The first-order valence-corrected chi connectivity index (χ1v) is 25.6. The molecule has 0 radical (unpaired) electrons. The van der Waals surface area contributed by atoms with Crippen molar-refractivity contribution in [2.75, 3.05) is 0 Å². The number of nitrogens with zero attached hydrogens (tertiary/aromatic N) is 4. The quantitative estimate of drug-likeness (QED) is 0.123. The lowest BCUT2D eigenvalue weighted by molar-refractivity contribution is -0.570. The molecule has 3 aromatic heterocycles. The van der Waals surface area contributed by atoms with Gasteiger partial charge in [-0.15, -0.1) is 0 Å². The Kier molecular flexibility index (Phi) is 9.22. The van der Waals surface area contributed by atoms with Crippen LogP contribution in [-0.2, 0) is 10.8 Å². The zero-order valence-electron chi connectivity index (χ0n) is 48.8. The molecular formula is C70H58N4O. The van der Waals surface area contributed by atoms with Gasteiger partial charge in [0.2, 0.25) is 0 Å². The van der Waals surface area contributed by atoms with Crippen LogP contribution in [0.3, 0.4) is 0 Å². The average molecular weight is 977 g/mol. The van der Waals surface area contributed by atoms with E-state index < -0.39 is 13.7 Å². The molecule has 0 amide bonds. The Hall–Kier alpha value is -8.80. The maximum atomic E-state index is 8.81. The van der Waals surface area contributed by atoms with E-state index in [9.17, 15) is 0 Å². The number of hydrogen-bond acceptors (Lipinski definition) is 2. The zero-order chi connectivity index (χ0) is 56.3. The van der Waals surface area contributed by atoms with Gasteiger partial charge < -0.3 is 4.74 Å². The summed E-state index contributed by atoms with van der Waals surface area (Å²) in [6.45, 7) is 7.94. The Morgan fingerprint density at radius 3 is 1.80 bits per heavy atom. The number of hydrogen-bond donors (Lipinski definition) is 0. The second-order valence-electron chi connectivity index (χ2n) is 21.8. The van der Waals surface area contributed by atoms with Gasteiger partial charge in [0.05, 0.1) is 33.4 Å². The molecule has 0 aliphatic carbocycles. The van der Waals surface area contributed by atoms with Gasteiger partial charge in [0, 0.05) is 31.3 Å². The van der Waals surface area contributed by atoms with Crippen LogP contribution >= 0.6 is 0 Å². The van der Waals surface area contributed by atoms with Gasteiger partial charge in [-0.1, -0.05) is 175 Å². The second-order valence-corrected chi connectivity index (χ2v) is 21.8. The normalized spacial score (nSPS) is 13.8. The molecule has 0 fully saturated rings. The first-order chi connectivity index (χ1) is 38.7. The number of para-hydroxylation sites is 2. The summed E-state index contributed by atoms with van der Waals surface area (Å²) in [6, 6.07) is 67.2. The summed E-state index contributed by atoms with van der Waals surface area (Å²) in [6.07, 6.45) is 5.79. The predicted octanol–water partition coefficient (Wildman–Crippen LogP) is 17.9. The second kappa shape index (κ2) is 17.4. The smallest absolute Gasteiger partial charge is 0.269 e. The van der Waals surface area contributed by atoms with Crippen LogP contribution in [0.4, 0.5) is 0 Å². The Bertz CT molecular complexity index is 4460. The molecule has 0 bridgehead atoms. The number of aromatic nitrogens is 4. The molecular weight excluding hydrogens is 913 g/mol. The van der Waals surface area contributed by atoms with E-state index >= 15 is 0 Å². The number of benzene rings is 9. The third-order valence-corrected chi connectivity index (χ3v) is 14.9. The highest BCUT2D eigenvalue weighted by molar-refractivity contribution is 6.09. The van der Waals surface area contributed by atoms with Gasteiger partial charge in [-0.3, -0.25) is 13.7 Å². The lowest BCUT2D eigenvalue weighted by Crippen LogP contribution is -2.32. The summed E-state index contributed by atoms with van der Waals surface area (Å²) in [5, 5.41) is 2.22. The molecule has 4 heterocycles. The molecule has 9 aromatic carbocycles. The van der Waals surface area contributed by atoms with Crippen molar-refractivity contribution in [3.8, 4) is 84.3 Å². The Balaban J connectivity index is 1.05. The van der Waals surface area contributed by atoms with Gasteiger partial charge in [-0.2, -0.15) is 0 Å². The molecule has 0 unspecified atom stereocenters. The molecule has 0 saturated heterocycles. The van der Waals surface area contributed by atoms with Gasteiger partial charge in [-0.25, -0.2) is 4.98 Å². The van der Waals surface area contributed by atoms with Crippen LogP contribution in [-0.4, -0.2) is 14.1 Å². The number of fused-ring (bicyclic) bond motifs is 10. The Morgan fingerprint density at radius 2 is 1.08 bits per heavy atom. The summed E-state index contributed by atoms with van der Waals surface area (Å²) in [5.41, 5.74) is 15.4. The maximum Gasteiger partial charge on any atom is 0.269 e. The van der Waals surface area contributed by atoms with Crippen LogP contribution in [0.15, 0.2) is 206 Å². The minimum atomic E-state index is -2.63.